The van der Waals surface area contributed by atoms with E-state index >= 15 is 0 Å². The third-order valence-corrected chi connectivity index (χ3v) is 8.96. The van der Waals surface area contributed by atoms with Crippen molar-refractivity contribution in [3.63, 3.8) is 0 Å². The van der Waals surface area contributed by atoms with Gasteiger partial charge in [-0.3, -0.25) is 4.79 Å². The highest BCUT2D eigenvalue weighted by molar-refractivity contribution is 7.89. The molecular formula is C25H36Cl2N2O5S. The molecule has 1 aromatic rings. The molecule has 1 N–H and O–H groups in total. The van der Waals surface area contributed by atoms with E-state index in [0.29, 0.717) is 0 Å². The molecule has 3 rings (SSSR count). The number of nitrogens with one attached hydrogen (secondary N) is 1. The molecule has 1 amide bonds. The number of sulfonamides is 1. The second-order valence-electron chi connectivity index (χ2n) is 9.97. The maximum Gasteiger partial charge on any atom is 0.340 e. The van der Waals surface area contributed by atoms with Crippen molar-refractivity contribution < 1.29 is 22.7 Å². The monoisotopic (exact) mass is 546 g/mol. The number of benzene rings is 1. The number of carbonyl (C=O) groups excluding carboxylic acids is 2. The highest BCUT2D eigenvalue weighted by Crippen LogP contribution is 2.31. The summed E-state index contributed by atoms with van der Waals surface area (Å²) in [7, 11) is -3.96. The number of hydrogen-bond donors (Lipinski definition) is 1. The topological polar surface area (TPSA) is 92.8 Å². The van der Waals surface area contributed by atoms with Crippen molar-refractivity contribution in [2.24, 2.45) is 5.92 Å². The molecule has 2 saturated carbocycles. The standard InChI is InChI=1S/C25H36Cl2N2O5S/c1-17(2)15-28-35(32,33)23-13-20(21(26)14-22(23)27)25(31)34-16-24(30)29(18-9-5-3-6-10-18)19-11-7-4-8-12-19/h13-14,17-19,28H,3-12,15-16H2,1-2H3. The van der Waals surface area contributed by atoms with Gasteiger partial charge in [0.25, 0.3) is 5.91 Å². The summed E-state index contributed by atoms with van der Waals surface area (Å²) in [4.78, 5) is 27.9. The third-order valence-electron chi connectivity index (χ3n) is 6.76. The number of amides is 1. The van der Waals surface area contributed by atoms with Crippen LogP contribution in [0.3, 0.4) is 0 Å². The quantitative estimate of drug-likeness (QED) is 0.408. The zero-order chi connectivity index (χ0) is 25.6. The number of halogens is 2. The van der Waals surface area contributed by atoms with E-state index in [2.05, 4.69) is 4.72 Å². The van der Waals surface area contributed by atoms with Crippen LogP contribution in [0.15, 0.2) is 17.0 Å². The molecule has 0 aliphatic heterocycles. The van der Waals surface area contributed by atoms with Crippen LogP contribution >= 0.6 is 23.2 Å². The first-order chi connectivity index (χ1) is 16.6. The van der Waals surface area contributed by atoms with Gasteiger partial charge in [-0.1, -0.05) is 75.6 Å². The van der Waals surface area contributed by atoms with E-state index in [9.17, 15) is 18.0 Å². The summed E-state index contributed by atoms with van der Waals surface area (Å²) >= 11 is 12.3. The Bertz CT molecular complexity index is 985. The Labute approximate surface area is 218 Å². The summed E-state index contributed by atoms with van der Waals surface area (Å²) in [5.74, 6) is -0.969. The Kier molecular flexibility index (Phi) is 10.3. The maximum absolute atomic E-state index is 13.3. The molecule has 1 aromatic carbocycles. The van der Waals surface area contributed by atoms with Gasteiger partial charge in [-0.25, -0.2) is 17.9 Å². The van der Waals surface area contributed by atoms with Gasteiger partial charge in [-0.05, 0) is 43.7 Å². The van der Waals surface area contributed by atoms with Gasteiger partial charge in [-0.2, -0.15) is 0 Å². The molecule has 0 spiro atoms. The molecule has 0 atom stereocenters. The summed E-state index contributed by atoms with van der Waals surface area (Å²) in [5, 5.41) is -0.133. The van der Waals surface area contributed by atoms with Crippen molar-refractivity contribution in [2.75, 3.05) is 13.2 Å². The summed E-state index contributed by atoms with van der Waals surface area (Å²) < 4.78 is 33.2. The van der Waals surface area contributed by atoms with Gasteiger partial charge >= 0.3 is 5.97 Å². The van der Waals surface area contributed by atoms with Crippen LogP contribution in [-0.2, 0) is 19.6 Å². The first kappa shape index (κ1) is 28.2. The lowest BCUT2D eigenvalue weighted by Gasteiger charge is -2.41. The lowest BCUT2D eigenvalue weighted by atomic mass is 9.88. The smallest absolute Gasteiger partial charge is 0.340 e. The van der Waals surface area contributed by atoms with Crippen LogP contribution in [0.1, 0.15) is 88.4 Å². The fourth-order valence-corrected chi connectivity index (χ4v) is 7.01. The highest BCUT2D eigenvalue weighted by atomic mass is 35.5. The van der Waals surface area contributed by atoms with E-state index in [-0.39, 0.29) is 51.0 Å². The predicted molar refractivity (Wildman–Crippen MR) is 137 cm³/mol. The molecule has 0 bridgehead atoms. The maximum atomic E-state index is 13.3. The minimum Gasteiger partial charge on any atom is -0.452 e. The molecule has 0 radical (unpaired) electrons. The summed E-state index contributed by atoms with van der Waals surface area (Å²) in [5.41, 5.74) is -0.143. The van der Waals surface area contributed by atoms with E-state index in [4.69, 9.17) is 27.9 Å². The molecule has 0 heterocycles. The van der Waals surface area contributed by atoms with Gasteiger partial charge in [0.1, 0.15) is 4.90 Å². The summed E-state index contributed by atoms with van der Waals surface area (Å²) in [6.45, 7) is 3.55. The van der Waals surface area contributed by atoms with Gasteiger partial charge in [0.2, 0.25) is 10.0 Å². The molecular weight excluding hydrogens is 511 g/mol. The third kappa shape index (κ3) is 7.57. The Balaban J connectivity index is 1.74. The number of rotatable bonds is 9. The van der Waals surface area contributed by atoms with E-state index in [1.165, 1.54) is 18.9 Å². The molecule has 196 valence electrons. The molecule has 2 aliphatic carbocycles. The van der Waals surface area contributed by atoms with E-state index in [0.717, 1.165) is 57.4 Å². The summed E-state index contributed by atoms with van der Waals surface area (Å²) in [6, 6.07) is 2.68. The zero-order valence-corrected chi connectivity index (χ0v) is 22.9. The number of carbonyl (C=O) groups is 2. The highest BCUT2D eigenvalue weighted by Gasteiger charge is 2.33. The SMILES string of the molecule is CC(C)CNS(=O)(=O)c1cc(C(=O)OCC(=O)N(C2CCCCC2)C2CCCCC2)c(Cl)cc1Cl. The Morgan fingerprint density at radius 3 is 2.03 bits per heavy atom. The molecule has 0 aromatic heterocycles. The van der Waals surface area contributed by atoms with Crippen LogP contribution in [0, 0.1) is 5.92 Å². The van der Waals surface area contributed by atoms with Crippen molar-refractivity contribution in [1.29, 1.82) is 0 Å². The normalized spacial score (nSPS) is 18.0. The van der Waals surface area contributed by atoms with Crippen LogP contribution in [-0.4, -0.2) is 50.4 Å². The Hall–Kier alpha value is -1.35. The van der Waals surface area contributed by atoms with E-state index < -0.39 is 22.6 Å². The zero-order valence-electron chi connectivity index (χ0n) is 20.5. The largest absolute Gasteiger partial charge is 0.452 e. The van der Waals surface area contributed by atoms with Crippen LogP contribution < -0.4 is 4.72 Å². The number of nitrogens with zero attached hydrogens (tertiary/aromatic N) is 1. The molecule has 7 nitrogen and oxygen atoms in total. The molecule has 2 aliphatic rings. The molecule has 2 fully saturated rings. The van der Waals surface area contributed by atoms with Crippen molar-refractivity contribution >= 4 is 45.1 Å². The van der Waals surface area contributed by atoms with Gasteiger partial charge in [-0.15, -0.1) is 0 Å². The van der Waals surface area contributed by atoms with Crippen LogP contribution in [0.5, 0.6) is 0 Å². The van der Waals surface area contributed by atoms with Crippen LogP contribution in [0.25, 0.3) is 0 Å². The Morgan fingerprint density at radius 2 is 1.51 bits per heavy atom. The molecule has 0 unspecified atom stereocenters. The van der Waals surface area contributed by atoms with Crippen molar-refractivity contribution in [3.8, 4) is 0 Å². The van der Waals surface area contributed by atoms with Crippen molar-refractivity contribution in [1.82, 2.24) is 9.62 Å². The minimum absolute atomic E-state index is 0.0355. The van der Waals surface area contributed by atoms with Gasteiger partial charge < -0.3 is 9.64 Å². The molecule has 35 heavy (non-hydrogen) atoms. The van der Waals surface area contributed by atoms with Crippen molar-refractivity contribution in [3.05, 3.63) is 27.7 Å². The lowest BCUT2D eigenvalue weighted by molar-refractivity contribution is -0.141. The first-order valence-corrected chi connectivity index (χ1v) is 14.8. The number of hydrogen-bond acceptors (Lipinski definition) is 5. The number of esters is 1. The minimum atomic E-state index is -3.96. The second-order valence-corrected chi connectivity index (χ2v) is 12.5. The van der Waals surface area contributed by atoms with E-state index in [1.54, 1.807) is 0 Å². The molecule has 0 saturated heterocycles. The van der Waals surface area contributed by atoms with Crippen molar-refractivity contribution in [2.45, 2.75) is 95.0 Å². The van der Waals surface area contributed by atoms with Crippen LogP contribution in [0.2, 0.25) is 10.0 Å². The van der Waals surface area contributed by atoms with Gasteiger partial charge in [0, 0.05) is 18.6 Å². The van der Waals surface area contributed by atoms with E-state index in [1.807, 2.05) is 18.7 Å². The second kappa shape index (κ2) is 12.7. The summed E-state index contributed by atoms with van der Waals surface area (Å²) in [6.07, 6.45) is 10.7. The first-order valence-electron chi connectivity index (χ1n) is 12.6. The van der Waals surface area contributed by atoms with Gasteiger partial charge in [0.05, 0.1) is 15.6 Å². The number of ether oxygens (including phenoxy) is 1. The molecule has 10 heteroatoms. The van der Waals surface area contributed by atoms with Crippen LogP contribution in [0.4, 0.5) is 0 Å². The fraction of sp³-hybridized carbons (Fsp3) is 0.680. The average Bonchev–Trinajstić information content (AvgIpc) is 2.83. The fourth-order valence-electron chi connectivity index (χ4n) is 4.95. The predicted octanol–water partition coefficient (Wildman–Crippen LogP) is 5.58. The average molecular weight is 548 g/mol. The van der Waals surface area contributed by atoms with Gasteiger partial charge in [0.15, 0.2) is 6.61 Å². The lowest BCUT2D eigenvalue weighted by Crippen LogP contribution is -2.50. The Morgan fingerprint density at radius 1 is 0.971 bits per heavy atom.